The average Bonchev–Trinajstić information content (AvgIpc) is 3.39. The van der Waals surface area contributed by atoms with Crippen LogP contribution in [0.15, 0.2) is 36.5 Å². The molecule has 29 heavy (non-hydrogen) atoms. The van der Waals surface area contributed by atoms with Gasteiger partial charge in [0.05, 0.1) is 29.7 Å². The molecule has 7 nitrogen and oxygen atoms in total. The van der Waals surface area contributed by atoms with Gasteiger partial charge in [-0.2, -0.15) is 0 Å². The van der Waals surface area contributed by atoms with Gasteiger partial charge in [0.15, 0.2) is 5.82 Å². The molecule has 1 aliphatic carbocycles. The van der Waals surface area contributed by atoms with Crippen molar-refractivity contribution in [1.82, 2.24) is 15.0 Å². The molecule has 1 saturated carbocycles. The Hall–Kier alpha value is -2.42. The van der Waals surface area contributed by atoms with Crippen molar-refractivity contribution in [2.75, 3.05) is 24.7 Å². The summed E-state index contributed by atoms with van der Waals surface area (Å²) in [6, 6.07) is 10.2. The molecule has 0 radical (unpaired) electrons. The molecule has 1 unspecified atom stereocenters. The highest BCUT2D eigenvalue weighted by Crippen LogP contribution is 2.51. The maximum Gasteiger partial charge on any atom is 0.162 e. The first-order valence-electron chi connectivity index (χ1n) is 9.84. The van der Waals surface area contributed by atoms with Gasteiger partial charge in [-0.3, -0.25) is 9.35 Å². The van der Waals surface area contributed by atoms with Gasteiger partial charge in [0, 0.05) is 45.0 Å². The van der Waals surface area contributed by atoms with Gasteiger partial charge >= 0.3 is 0 Å². The van der Waals surface area contributed by atoms with Crippen LogP contribution in [0.4, 0.5) is 5.82 Å². The van der Waals surface area contributed by atoms with Crippen LogP contribution < -0.4 is 10.0 Å². The largest absolute Gasteiger partial charge is 0.377 e. The molecule has 0 amide bonds. The molecule has 8 heteroatoms. The zero-order valence-electron chi connectivity index (χ0n) is 16.4. The summed E-state index contributed by atoms with van der Waals surface area (Å²) in [5.41, 5.74) is 2.70. The van der Waals surface area contributed by atoms with Gasteiger partial charge in [-0.25, -0.2) is 9.97 Å². The van der Waals surface area contributed by atoms with E-state index >= 15 is 0 Å². The van der Waals surface area contributed by atoms with Gasteiger partial charge in [0.1, 0.15) is 5.82 Å². The Labute approximate surface area is 170 Å². The number of nitrogens with one attached hydrogen (secondary N) is 1. The number of aromatic amines is 1. The van der Waals surface area contributed by atoms with Crippen LogP contribution in [-0.4, -0.2) is 50.8 Å². The summed E-state index contributed by atoms with van der Waals surface area (Å²) in [4.78, 5) is 15.3. The van der Waals surface area contributed by atoms with Crippen LogP contribution >= 0.6 is 0 Å². The maximum atomic E-state index is 12.8. The molecule has 2 atom stereocenters. The third kappa shape index (κ3) is 3.02. The fourth-order valence-electron chi connectivity index (χ4n) is 4.18. The number of anilines is 1. The molecule has 3 N–H and O–H groups in total. The standard InChI is InChI=1S/C21H25N5O2S/c1-14-13-28-11-10-26(14)19-12-18(21(7-8-21)29(2,22)27)24-20(25-19)16-4-3-5-17-15(16)6-9-23-17/h3-6,9,12,14,23H,2,7-8,10-11,13H2,1H3,(H2,22,27)/t14-,29?/m1/s1. The second kappa shape index (κ2) is 6.55. The number of nitrogens with zero attached hydrogens (tertiary/aromatic N) is 3. The predicted octanol–water partition coefficient (Wildman–Crippen LogP) is 2.43. The summed E-state index contributed by atoms with van der Waals surface area (Å²) >= 11 is 0. The second-order valence-electron chi connectivity index (χ2n) is 8.02. The van der Waals surface area contributed by atoms with Crippen molar-refractivity contribution >= 4 is 32.3 Å². The van der Waals surface area contributed by atoms with E-state index in [1.807, 2.05) is 36.5 Å². The average molecular weight is 412 g/mol. The van der Waals surface area contributed by atoms with Crippen LogP contribution in [0.1, 0.15) is 25.5 Å². The van der Waals surface area contributed by atoms with Crippen LogP contribution in [-0.2, 0) is 19.2 Å². The Balaban J connectivity index is 1.72. The molecule has 0 spiro atoms. The summed E-state index contributed by atoms with van der Waals surface area (Å²) in [6.45, 7) is 4.17. The lowest BCUT2D eigenvalue weighted by molar-refractivity contribution is 0.0985. The monoisotopic (exact) mass is 411 g/mol. The van der Waals surface area contributed by atoms with Crippen LogP contribution in [0.2, 0.25) is 0 Å². The van der Waals surface area contributed by atoms with Crippen LogP contribution in [0.3, 0.4) is 0 Å². The normalized spacial score (nSPS) is 23.1. The van der Waals surface area contributed by atoms with Gasteiger partial charge in [-0.1, -0.05) is 12.1 Å². The highest BCUT2D eigenvalue weighted by molar-refractivity contribution is 7.99. The van der Waals surface area contributed by atoms with Crippen LogP contribution in [0.25, 0.3) is 22.3 Å². The van der Waals surface area contributed by atoms with Gasteiger partial charge < -0.3 is 14.6 Å². The van der Waals surface area contributed by atoms with Gasteiger partial charge in [-0.05, 0) is 37.8 Å². The highest BCUT2D eigenvalue weighted by atomic mass is 32.2. The predicted molar refractivity (Wildman–Crippen MR) is 117 cm³/mol. The van der Waals surface area contributed by atoms with Crippen molar-refractivity contribution in [3.05, 3.63) is 42.2 Å². The van der Waals surface area contributed by atoms with Gasteiger partial charge in [-0.15, -0.1) is 0 Å². The van der Waals surface area contributed by atoms with Crippen molar-refractivity contribution in [2.24, 2.45) is 5.14 Å². The van der Waals surface area contributed by atoms with Crippen molar-refractivity contribution in [3.63, 3.8) is 0 Å². The maximum absolute atomic E-state index is 12.8. The van der Waals surface area contributed by atoms with Crippen molar-refractivity contribution in [3.8, 4) is 11.4 Å². The summed E-state index contributed by atoms with van der Waals surface area (Å²) in [6.07, 6.45) is 3.37. The minimum absolute atomic E-state index is 0.194. The Bertz CT molecular complexity index is 1180. The van der Waals surface area contributed by atoms with Crippen molar-refractivity contribution in [2.45, 2.75) is 30.6 Å². The van der Waals surface area contributed by atoms with E-state index in [2.05, 4.69) is 22.7 Å². The smallest absolute Gasteiger partial charge is 0.162 e. The number of nitrogens with two attached hydrogens (primary N) is 1. The number of rotatable bonds is 4. The fraction of sp³-hybridized carbons (Fsp3) is 0.381. The zero-order valence-corrected chi connectivity index (χ0v) is 17.2. The lowest BCUT2D eigenvalue weighted by atomic mass is 10.1. The molecule has 2 aliphatic rings. The fourth-order valence-corrected chi connectivity index (χ4v) is 5.43. The number of morpholine rings is 1. The van der Waals surface area contributed by atoms with Crippen LogP contribution in [0, 0.1) is 0 Å². The van der Waals surface area contributed by atoms with E-state index < -0.39 is 14.5 Å². The SMILES string of the molecule is C=S(N)(=O)C1(c2cc(N3CCOC[C@H]3C)nc(-c3cccc4[nH]ccc34)n2)CC1. The van der Waals surface area contributed by atoms with Crippen molar-refractivity contribution < 1.29 is 8.95 Å². The number of ether oxygens (including phenoxy) is 1. The number of hydrogen-bond acceptors (Lipinski definition) is 5. The van der Waals surface area contributed by atoms with Crippen molar-refractivity contribution in [1.29, 1.82) is 0 Å². The summed E-state index contributed by atoms with van der Waals surface area (Å²) < 4.78 is 17.7. The number of aromatic nitrogens is 3. The minimum atomic E-state index is -2.78. The number of hydrogen-bond donors (Lipinski definition) is 2. The Kier molecular flexibility index (Phi) is 4.20. The second-order valence-corrected chi connectivity index (χ2v) is 10.3. The van der Waals surface area contributed by atoms with E-state index in [0.717, 1.165) is 47.4 Å². The molecule has 2 aromatic heterocycles. The summed E-state index contributed by atoms with van der Waals surface area (Å²) in [7, 11) is -2.78. The van der Waals surface area contributed by atoms with Crippen LogP contribution in [0.5, 0.6) is 0 Å². The Morgan fingerprint density at radius 2 is 2.17 bits per heavy atom. The molecule has 1 aromatic carbocycles. The van der Waals surface area contributed by atoms with E-state index in [1.54, 1.807) is 0 Å². The first-order chi connectivity index (χ1) is 13.9. The van der Waals surface area contributed by atoms with Gasteiger partial charge in [0.25, 0.3) is 0 Å². The summed E-state index contributed by atoms with van der Waals surface area (Å²) in [5.74, 6) is 5.23. The quantitative estimate of drug-likeness (QED) is 0.643. The molecule has 1 saturated heterocycles. The molecule has 1 aliphatic heterocycles. The first kappa shape index (κ1) is 18.6. The van der Waals surface area contributed by atoms with Gasteiger partial charge in [0.2, 0.25) is 0 Å². The Morgan fingerprint density at radius 3 is 2.90 bits per heavy atom. The highest BCUT2D eigenvalue weighted by Gasteiger charge is 2.52. The zero-order chi connectivity index (χ0) is 20.2. The lowest BCUT2D eigenvalue weighted by Crippen LogP contribution is -2.44. The number of benzene rings is 1. The minimum Gasteiger partial charge on any atom is -0.377 e. The topological polar surface area (TPSA) is 97.1 Å². The third-order valence-electron chi connectivity index (χ3n) is 6.04. The number of H-pyrrole nitrogens is 1. The van der Waals surface area contributed by atoms with E-state index in [-0.39, 0.29) is 6.04 Å². The molecular weight excluding hydrogens is 386 g/mol. The van der Waals surface area contributed by atoms with E-state index in [4.69, 9.17) is 19.8 Å². The molecule has 2 fully saturated rings. The molecular formula is C21H25N5O2S. The summed E-state index contributed by atoms with van der Waals surface area (Å²) in [5, 5.41) is 7.10. The third-order valence-corrected chi connectivity index (χ3v) is 7.98. The molecule has 3 heterocycles. The lowest BCUT2D eigenvalue weighted by Gasteiger charge is -2.35. The Morgan fingerprint density at radius 1 is 1.34 bits per heavy atom. The molecule has 5 rings (SSSR count). The van der Waals surface area contributed by atoms with E-state index in [0.29, 0.717) is 19.0 Å². The first-order valence-corrected chi connectivity index (χ1v) is 11.6. The van der Waals surface area contributed by atoms with E-state index in [1.165, 1.54) is 0 Å². The van der Waals surface area contributed by atoms with E-state index in [9.17, 15) is 4.21 Å². The number of fused-ring (bicyclic) bond motifs is 1. The molecule has 0 bridgehead atoms. The molecule has 152 valence electrons. The molecule has 3 aromatic rings.